The van der Waals surface area contributed by atoms with Gasteiger partial charge in [0, 0.05) is 10.9 Å². The molecule has 1 aromatic carbocycles. The fourth-order valence-corrected chi connectivity index (χ4v) is 3.75. The van der Waals surface area contributed by atoms with Gasteiger partial charge < -0.3 is 20.1 Å². The van der Waals surface area contributed by atoms with Crippen LogP contribution in [0.5, 0.6) is 5.88 Å². The first-order valence-corrected chi connectivity index (χ1v) is 10.2. The molecule has 0 fully saturated rings. The summed E-state index contributed by atoms with van der Waals surface area (Å²) < 4.78 is 5.67. The van der Waals surface area contributed by atoms with Crippen LogP contribution in [0.1, 0.15) is 36.8 Å². The van der Waals surface area contributed by atoms with Crippen LogP contribution in [0.15, 0.2) is 40.5 Å². The number of H-pyrrole nitrogens is 1. The monoisotopic (exact) mass is 430 g/mol. The van der Waals surface area contributed by atoms with Gasteiger partial charge in [-0.3, -0.25) is 4.79 Å². The van der Waals surface area contributed by atoms with Gasteiger partial charge in [-0.2, -0.15) is 0 Å². The maximum atomic E-state index is 13.1. The first-order chi connectivity index (χ1) is 14.4. The third-order valence-electron chi connectivity index (χ3n) is 4.82. The average Bonchev–Trinajstić information content (AvgIpc) is 3.33. The van der Waals surface area contributed by atoms with Crippen molar-refractivity contribution in [2.45, 2.75) is 26.3 Å². The number of methoxy groups -OCH3 is 1. The average molecular weight is 430 g/mol. The molecule has 0 unspecified atom stereocenters. The Balaban J connectivity index is 1.96. The Morgan fingerprint density at radius 1 is 1.33 bits per heavy atom. The molecule has 30 heavy (non-hydrogen) atoms. The number of benzene rings is 1. The van der Waals surface area contributed by atoms with Gasteiger partial charge in [-0.15, -0.1) is 11.3 Å². The highest BCUT2D eigenvalue weighted by atomic mass is 32.1. The van der Waals surface area contributed by atoms with Crippen LogP contribution in [0.3, 0.4) is 0 Å². The number of imidazole rings is 1. The van der Waals surface area contributed by atoms with Crippen LogP contribution >= 0.6 is 11.3 Å². The summed E-state index contributed by atoms with van der Waals surface area (Å²) in [6.07, 6.45) is 0.584. The van der Waals surface area contributed by atoms with Crippen molar-refractivity contribution in [3.8, 4) is 17.1 Å². The van der Waals surface area contributed by atoms with Crippen molar-refractivity contribution in [1.29, 1.82) is 0 Å². The number of amides is 1. The van der Waals surface area contributed by atoms with Crippen molar-refractivity contribution in [2.24, 2.45) is 5.92 Å². The van der Waals surface area contributed by atoms with Crippen LogP contribution in [0.4, 0.5) is 5.13 Å². The number of aromatic amines is 1. The maximum Gasteiger partial charge on any atom is 0.357 e. The summed E-state index contributed by atoms with van der Waals surface area (Å²) in [7, 11) is 1.24. The van der Waals surface area contributed by atoms with Crippen molar-refractivity contribution in [3.05, 3.63) is 51.9 Å². The van der Waals surface area contributed by atoms with Gasteiger partial charge in [0.05, 0.1) is 7.11 Å². The zero-order chi connectivity index (χ0) is 21.8. The standard InChI is InChI=1S/C20H22N4O5S/c1-4-11(2)15(16(25)23-19-21-13(10-30-19)18(27)29-3)24-17(26)14(22-20(24)28)12-8-6-5-7-9-12/h5-11,15,26H,4H2,1-3H3,(H,22,28)(H,21,23,25)/t11-,15-/m0/s1. The molecule has 3 aromatic rings. The molecule has 0 aliphatic heterocycles. The lowest BCUT2D eigenvalue weighted by Crippen LogP contribution is -2.35. The maximum absolute atomic E-state index is 13.1. The van der Waals surface area contributed by atoms with Crippen LogP contribution in [0.2, 0.25) is 0 Å². The van der Waals surface area contributed by atoms with Crippen LogP contribution in [-0.2, 0) is 9.53 Å². The molecule has 158 valence electrons. The first kappa shape index (κ1) is 21.3. The zero-order valence-corrected chi connectivity index (χ0v) is 17.5. The number of hydrogen-bond donors (Lipinski definition) is 3. The fraction of sp³-hybridized carbons (Fsp3) is 0.300. The van der Waals surface area contributed by atoms with Crippen molar-refractivity contribution >= 4 is 28.3 Å². The van der Waals surface area contributed by atoms with Crippen molar-refractivity contribution in [3.63, 3.8) is 0 Å². The summed E-state index contributed by atoms with van der Waals surface area (Å²) in [6, 6.07) is 7.90. The second kappa shape index (κ2) is 8.95. The summed E-state index contributed by atoms with van der Waals surface area (Å²) in [6.45, 7) is 3.70. The highest BCUT2D eigenvalue weighted by molar-refractivity contribution is 7.14. The van der Waals surface area contributed by atoms with Gasteiger partial charge in [0.15, 0.2) is 10.8 Å². The Morgan fingerprint density at radius 2 is 2.03 bits per heavy atom. The number of nitrogens with one attached hydrogen (secondary N) is 2. The number of carbonyl (C=O) groups excluding carboxylic acids is 2. The molecule has 1 amide bonds. The molecular weight excluding hydrogens is 408 g/mol. The summed E-state index contributed by atoms with van der Waals surface area (Å²) in [5, 5.41) is 15.1. The lowest BCUT2D eigenvalue weighted by atomic mass is 9.98. The number of ether oxygens (including phenoxy) is 1. The number of esters is 1. The number of aromatic hydroxyl groups is 1. The van der Waals surface area contributed by atoms with Crippen molar-refractivity contribution in [1.82, 2.24) is 14.5 Å². The number of carbonyl (C=O) groups is 2. The van der Waals surface area contributed by atoms with Crippen LogP contribution < -0.4 is 11.0 Å². The van der Waals surface area contributed by atoms with Crippen LogP contribution in [-0.4, -0.2) is 38.6 Å². The van der Waals surface area contributed by atoms with E-state index in [9.17, 15) is 19.5 Å². The fourth-order valence-electron chi connectivity index (χ4n) is 3.07. The van der Waals surface area contributed by atoms with Gasteiger partial charge in [-0.1, -0.05) is 50.6 Å². The molecule has 9 nitrogen and oxygen atoms in total. The normalized spacial score (nSPS) is 12.9. The minimum atomic E-state index is -0.985. The molecule has 0 saturated heterocycles. The number of anilines is 1. The molecule has 0 spiro atoms. The molecule has 0 aliphatic rings. The van der Waals surface area contributed by atoms with Crippen molar-refractivity contribution in [2.75, 3.05) is 12.4 Å². The van der Waals surface area contributed by atoms with E-state index in [0.29, 0.717) is 12.0 Å². The van der Waals surface area contributed by atoms with Gasteiger partial charge in [-0.05, 0) is 5.92 Å². The smallest absolute Gasteiger partial charge is 0.357 e. The molecule has 2 aromatic heterocycles. The number of nitrogens with zero attached hydrogens (tertiary/aromatic N) is 2. The Bertz CT molecular complexity index is 1100. The number of aromatic nitrogens is 3. The second-order valence-electron chi connectivity index (χ2n) is 6.71. The zero-order valence-electron chi connectivity index (χ0n) is 16.7. The van der Waals surface area contributed by atoms with Crippen LogP contribution in [0, 0.1) is 5.92 Å². The van der Waals surface area contributed by atoms with E-state index in [1.807, 2.05) is 19.9 Å². The molecule has 2 heterocycles. The molecule has 0 bridgehead atoms. The SMILES string of the molecule is CC[C@H](C)[C@@H](C(=O)Nc1nc(C(=O)OC)cs1)n1c(O)c(-c2ccccc2)[nH]c1=O. The van der Waals surface area contributed by atoms with Gasteiger partial charge in [0.2, 0.25) is 11.8 Å². The molecule has 10 heteroatoms. The minimum Gasteiger partial charge on any atom is -0.493 e. The molecule has 2 atom stereocenters. The Morgan fingerprint density at radius 3 is 2.67 bits per heavy atom. The molecular formula is C20H22N4O5S. The van der Waals surface area contributed by atoms with E-state index in [1.165, 1.54) is 12.5 Å². The van der Waals surface area contributed by atoms with Gasteiger partial charge >= 0.3 is 11.7 Å². The molecule has 0 saturated carbocycles. The number of hydrogen-bond acceptors (Lipinski definition) is 7. The van der Waals surface area contributed by atoms with E-state index < -0.39 is 23.6 Å². The summed E-state index contributed by atoms with van der Waals surface area (Å²) >= 11 is 1.06. The van der Waals surface area contributed by atoms with E-state index >= 15 is 0 Å². The lowest BCUT2D eigenvalue weighted by molar-refractivity contribution is -0.120. The topological polar surface area (TPSA) is 126 Å². The van der Waals surface area contributed by atoms with E-state index in [1.54, 1.807) is 24.3 Å². The molecule has 0 aliphatic carbocycles. The summed E-state index contributed by atoms with van der Waals surface area (Å²) in [5.41, 5.74) is 0.341. The second-order valence-corrected chi connectivity index (χ2v) is 7.57. The first-order valence-electron chi connectivity index (χ1n) is 9.30. The molecule has 3 N–H and O–H groups in total. The van der Waals surface area contributed by atoms with Crippen molar-refractivity contribution < 1.29 is 19.4 Å². The van der Waals surface area contributed by atoms with Crippen LogP contribution in [0.25, 0.3) is 11.3 Å². The van der Waals surface area contributed by atoms with Gasteiger partial charge in [0.1, 0.15) is 11.7 Å². The lowest BCUT2D eigenvalue weighted by Gasteiger charge is -2.23. The third kappa shape index (κ3) is 4.13. The van der Waals surface area contributed by atoms with Gasteiger partial charge in [-0.25, -0.2) is 19.1 Å². The Labute approximate surface area is 176 Å². The molecule has 0 radical (unpaired) electrons. The third-order valence-corrected chi connectivity index (χ3v) is 5.58. The van der Waals surface area contributed by atoms with Gasteiger partial charge in [0.25, 0.3) is 0 Å². The Kier molecular flexibility index (Phi) is 6.36. The van der Waals surface area contributed by atoms with E-state index in [-0.39, 0.29) is 28.3 Å². The van der Waals surface area contributed by atoms with E-state index in [0.717, 1.165) is 15.9 Å². The quantitative estimate of drug-likeness (QED) is 0.495. The largest absolute Gasteiger partial charge is 0.493 e. The summed E-state index contributed by atoms with van der Waals surface area (Å²) in [5.74, 6) is -1.72. The highest BCUT2D eigenvalue weighted by Gasteiger charge is 2.32. The number of thiazole rings is 1. The van der Waals surface area contributed by atoms with E-state index in [4.69, 9.17) is 0 Å². The predicted octanol–water partition coefficient (Wildman–Crippen LogP) is 3.02. The van der Waals surface area contributed by atoms with E-state index in [2.05, 4.69) is 20.0 Å². The minimum absolute atomic E-state index is 0.0749. The highest BCUT2D eigenvalue weighted by Crippen LogP contribution is 2.32. The Hall–Kier alpha value is -3.40. The summed E-state index contributed by atoms with van der Waals surface area (Å²) in [4.78, 5) is 44.0. The molecule has 3 rings (SSSR count). The predicted molar refractivity (Wildman–Crippen MR) is 113 cm³/mol. The number of rotatable bonds is 7.